The molecule has 4 nitrogen and oxygen atoms in total. The second-order valence-electron chi connectivity index (χ2n) is 5.26. The van der Waals surface area contributed by atoms with Crippen LogP contribution in [0.2, 0.25) is 0 Å². The van der Waals surface area contributed by atoms with Crippen molar-refractivity contribution < 1.29 is 4.79 Å². The molecule has 0 fully saturated rings. The maximum absolute atomic E-state index is 12.0. The van der Waals surface area contributed by atoms with Crippen LogP contribution in [0.3, 0.4) is 0 Å². The minimum atomic E-state index is 0.00277. The zero-order valence-electron chi connectivity index (χ0n) is 12.3. The van der Waals surface area contributed by atoms with Gasteiger partial charge in [0.15, 0.2) is 0 Å². The summed E-state index contributed by atoms with van der Waals surface area (Å²) in [5, 5.41) is 7.09. The molecular formula is C16H21N3O. The topological polar surface area (TPSA) is 46.9 Å². The van der Waals surface area contributed by atoms with Crippen LogP contribution in [-0.2, 0) is 13.5 Å². The average Bonchev–Trinajstić information content (AvgIpc) is 2.79. The Kier molecular flexibility index (Phi) is 4.56. The van der Waals surface area contributed by atoms with Gasteiger partial charge in [0.1, 0.15) is 0 Å². The summed E-state index contributed by atoms with van der Waals surface area (Å²) in [6.45, 7) is 4.69. The van der Waals surface area contributed by atoms with Gasteiger partial charge < -0.3 is 5.32 Å². The van der Waals surface area contributed by atoms with Crippen molar-refractivity contribution in [1.29, 1.82) is 0 Å². The molecule has 4 heteroatoms. The molecule has 0 bridgehead atoms. The third-order valence-electron chi connectivity index (χ3n) is 3.17. The fraction of sp³-hybridized carbons (Fsp3) is 0.375. The summed E-state index contributed by atoms with van der Waals surface area (Å²) in [5.41, 5.74) is 4.17. The van der Waals surface area contributed by atoms with Crippen LogP contribution >= 0.6 is 0 Å². The van der Waals surface area contributed by atoms with E-state index in [4.69, 9.17) is 0 Å². The lowest BCUT2D eigenvalue weighted by molar-refractivity contribution is 0.0953. The first-order chi connectivity index (χ1) is 9.54. The van der Waals surface area contributed by atoms with Crippen molar-refractivity contribution in [1.82, 2.24) is 15.1 Å². The standard InChI is InChI=1S/C16H21N3O/c1-12-7-13(2)9-15(8-12)16(20)17-6-4-5-14-10-18-19(3)11-14/h7-11H,4-6H2,1-3H3,(H,17,20). The quantitative estimate of drug-likeness (QED) is 0.849. The highest BCUT2D eigenvalue weighted by molar-refractivity contribution is 5.94. The SMILES string of the molecule is Cc1cc(C)cc(C(=O)NCCCc2cnn(C)c2)c1. The number of carbonyl (C=O) groups is 1. The maximum atomic E-state index is 12.0. The summed E-state index contributed by atoms with van der Waals surface area (Å²) in [4.78, 5) is 12.0. The van der Waals surface area contributed by atoms with Crippen LogP contribution in [0.1, 0.15) is 33.5 Å². The third-order valence-corrected chi connectivity index (χ3v) is 3.17. The minimum Gasteiger partial charge on any atom is -0.352 e. The Morgan fingerprint density at radius 1 is 1.25 bits per heavy atom. The highest BCUT2D eigenvalue weighted by atomic mass is 16.1. The zero-order chi connectivity index (χ0) is 14.5. The molecule has 0 saturated carbocycles. The molecule has 0 unspecified atom stereocenters. The van der Waals surface area contributed by atoms with Gasteiger partial charge in [0.05, 0.1) is 6.20 Å². The van der Waals surface area contributed by atoms with E-state index in [0.29, 0.717) is 6.54 Å². The zero-order valence-corrected chi connectivity index (χ0v) is 12.3. The van der Waals surface area contributed by atoms with Gasteiger partial charge in [-0.05, 0) is 44.4 Å². The highest BCUT2D eigenvalue weighted by Crippen LogP contribution is 2.08. The van der Waals surface area contributed by atoms with E-state index >= 15 is 0 Å². The number of amides is 1. The predicted octanol–water partition coefficient (Wildman–Crippen LogP) is 2.40. The number of carbonyl (C=O) groups excluding carboxylic acids is 1. The first-order valence-corrected chi connectivity index (χ1v) is 6.88. The molecule has 1 amide bonds. The Balaban J connectivity index is 1.80. The van der Waals surface area contributed by atoms with E-state index in [9.17, 15) is 4.79 Å². The van der Waals surface area contributed by atoms with Crippen molar-refractivity contribution in [2.24, 2.45) is 7.05 Å². The number of nitrogens with zero attached hydrogens (tertiary/aromatic N) is 2. The van der Waals surface area contributed by atoms with E-state index in [2.05, 4.69) is 16.5 Å². The van der Waals surface area contributed by atoms with E-state index in [-0.39, 0.29) is 5.91 Å². The predicted molar refractivity (Wildman–Crippen MR) is 79.8 cm³/mol. The van der Waals surface area contributed by atoms with E-state index in [1.807, 2.05) is 45.4 Å². The summed E-state index contributed by atoms with van der Waals surface area (Å²) in [5.74, 6) is 0.00277. The Labute approximate surface area is 119 Å². The molecule has 0 aliphatic heterocycles. The summed E-state index contributed by atoms with van der Waals surface area (Å²) < 4.78 is 1.80. The van der Waals surface area contributed by atoms with Crippen molar-refractivity contribution in [3.63, 3.8) is 0 Å². The van der Waals surface area contributed by atoms with Crippen LogP contribution in [0, 0.1) is 13.8 Å². The molecule has 0 radical (unpaired) electrons. The molecule has 0 atom stereocenters. The first-order valence-electron chi connectivity index (χ1n) is 6.88. The number of benzene rings is 1. The second kappa shape index (κ2) is 6.37. The molecule has 20 heavy (non-hydrogen) atoms. The Morgan fingerprint density at radius 2 is 1.95 bits per heavy atom. The molecule has 1 aromatic carbocycles. The minimum absolute atomic E-state index is 0.00277. The molecule has 1 N–H and O–H groups in total. The molecule has 0 aliphatic rings. The Hall–Kier alpha value is -2.10. The Morgan fingerprint density at radius 3 is 2.55 bits per heavy atom. The molecule has 106 valence electrons. The van der Waals surface area contributed by atoms with Crippen LogP contribution in [-0.4, -0.2) is 22.2 Å². The van der Waals surface area contributed by atoms with Gasteiger partial charge in [-0.1, -0.05) is 17.2 Å². The monoisotopic (exact) mass is 271 g/mol. The van der Waals surface area contributed by atoms with Crippen LogP contribution in [0.25, 0.3) is 0 Å². The van der Waals surface area contributed by atoms with Crippen molar-refractivity contribution in [3.05, 3.63) is 52.8 Å². The van der Waals surface area contributed by atoms with Gasteiger partial charge in [0.2, 0.25) is 0 Å². The molecular weight excluding hydrogens is 250 g/mol. The lowest BCUT2D eigenvalue weighted by atomic mass is 10.1. The number of aryl methyl sites for hydroxylation is 4. The van der Waals surface area contributed by atoms with Gasteiger partial charge in [0.25, 0.3) is 5.91 Å². The highest BCUT2D eigenvalue weighted by Gasteiger charge is 2.06. The van der Waals surface area contributed by atoms with Crippen LogP contribution in [0.4, 0.5) is 0 Å². The van der Waals surface area contributed by atoms with E-state index in [0.717, 1.165) is 29.5 Å². The fourth-order valence-electron chi connectivity index (χ4n) is 2.30. The molecule has 0 saturated heterocycles. The van der Waals surface area contributed by atoms with E-state index in [1.165, 1.54) is 5.56 Å². The van der Waals surface area contributed by atoms with Gasteiger partial charge in [-0.15, -0.1) is 0 Å². The van der Waals surface area contributed by atoms with Gasteiger partial charge in [0, 0.05) is 25.4 Å². The fourth-order valence-corrected chi connectivity index (χ4v) is 2.30. The van der Waals surface area contributed by atoms with Gasteiger partial charge in [-0.25, -0.2) is 0 Å². The summed E-state index contributed by atoms with van der Waals surface area (Å²) >= 11 is 0. The van der Waals surface area contributed by atoms with Crippen molar-refractivity contribution in [3.8, 4) is 0 Å². The number of nitrogens with one attached hydrogen (secondary N) is 1. The molecule has 0 aliphatic carbocycles. The largest absolute Gasteiger partial charge is 0.352 e. The number of aromatic nitrogens is 2. The van der Waals surface area contributed by atoms with E-state index < -0.39 is 0 Å². The summed E-state index contributed by atoms with van der Waals surface area (Å²) in [7, 11) is 1.91. The smallest absolute Gasteiger partial charge is 0.251 e. The lowest BCUT2D eigenvalue weighted by Gasteiger charge is -2.06. The van der Waals surface area contributed by atoms with Gasteiger partial charge >= 0.3 is 0 Å². The van der Waals surface area contributed by atoms with Crippen molar-refractivity contribution in [2.75, 3.05) is 6.54 Å². The number of hydrogen-bond acceptors (Lipinski definition) is 2. The molecule has 1 heterocycles. The Bertz CT molecular complexity index is 581. The van der Waals surface area contributed by atoms with Gasteiger partial charge in [-0.3, -0.25) is 9.48 Å². The van der Waals surface area contributed by atoms with Crippen molar-refractivity contribution >= 4 is 5.91 Å². The van der Waals surface area contributed by atoms with E-state index in [1.54, 1.807) is 4.68 Å². The lowest BCUT2D eigenvalue weighted by Crippen LogP contribution is -2.24. The molecule has 0 spiro atoms. The number of rotatable bonds is 5. The second-order valence-corrected chi connectivity index (χ2v) is 5.26. The van der Waals surface area contributed by atoms with Crippen LogP contribution < -0.4 is 5.32 Å². The number of hydrogen-bond donors (Lipinski definition) is 1. The van der Waals surface area contributed by atoms with Gasteiger partial charge in [-0.2, -0.15) is 5.10 Å². The third kappa shape index (κ3) is 3.95. The first kappa shape index (κ1) is 14.3. The maximum Gasteiger partial charge on any atom is 0.251 e. The normalized spacial score (nSPS) is 10.6. The summed E-state index contributed by atoms with van der Waals surface area (Å²) in [6, 6.07) is 5.91. The molecule has 1 aromatic heterocycles. The van der Waals surface area contributed by atoms with Crippen molar-refractivity contribution in [2.45, 2.75) is 26.7 Å². The molecule has 2 rings (SSSR count). The summed E-state index contributed by atoms with van der Waals surface area (Å²) in [6.07, 6.45) is 5.72. The van der Waals surface area contributed by atoms with Crippen LogP contribution in [0.5, 0.6) is 0 Å². The average molecular weight is 271 g/mol. The molecule has 2 aromatic rings. The van der Waals surface area contributed by atoms with Crippen LogP contribution in [0.15, 0.2) is 30.6 Å².